The Labute approximate surface area is 260 Å². The maximum absolute atomic E-state index is 13.9. The molecule has 0 bridgehead atoms. The van der Waals surface area contributed by atoms with Crippen LogP contribution in [0.4, 0.5) is 0 Å². The van der Waals surface area contributed by atoms with Crippen molar-refractivity contribution in [2.45, 2.75) is 56.3 Å². The van der Waals surface area contributed by atoms with Crippen LogP contribution >= 0.6 is 0 Å². The number of hydrogen-bond donors (Lipinski definition) is 7. The number of para-hydroxylation sites is 1. The highest BCUT2D eigenvalue weighted by Gasteiger charge is 2.32. The van der Waals surface area contributed by atoms with Crippen molar-refractivity contribution in [2.24, 2.45) is 0 Å². The van der Waals surface area contributed by atoms with Gasteiger partial charge >= 0.3 is 5.97 Å². The van der Waals surface area contributed by atoms with Crippen LogP contribution < -0.4 is 21.3 Å². The Morgan fingerprint density at radius 3 is 2.07 bits per heavy atom. The number of carbonyl (C=O) groups excluding carboxylic acids is 3. The molecule has 1 aromatic heterocycles. The number of carboxylic acid groups (broad SMARTS) is 1. The number of aliphatic carboxylic acids is 1. The lowest BCUT2D eigenvalue weighted by Crippen LogP contribution is -2.58. The van der Waals surface area contributed by atoms with Crippen molar-refractivity contribution >= 4 is 34.6 Å². The van der Waals surface area contributed by atoms with E-state index in [-0.39, 0.29) is 30.9 Å². The highest BCUT2D eigenvalue weighted by Crippen LogP contribution is 2.20. The van der Waals surface area contributed by atoms with Gasteiger partial charge < -0.3 is 36.5 Å². The molecule has 234 valence electrons. The molecule has 1 saturated heterocycles. The molecule has 0 saturated carbocycles. The van der Waals surface area contributed by atoms with Crippen LogP contribution in [-0.4, -0.2) is 69.6 Å². The summed E-state index contributed by atoms with van der Waals surface area (Å²) in [6.45, 7) is 0.708. The second-order valence-electron chi connectivity index (χ2n) is 11.3. The van der Waals surface area contributed by atoms with Gasteiger partial charge in [0.05, 0.1) is 6.04 Å². The van der Waals surface area contributed by atoms with Crippen LogP contribution in [0.2, 0.25) is 0 Å². The lowest BCUT2D eigenvalue weighted by atomic mass is 10.0. The number of hydrogen-bond acceptors (Lipinski definition) is 6. The number of aromatic hydroxyl groups is 1. The number of fused-ring (bicyclic) bond motifs is 1. The van der Waals surface area contributed by atoms with Crippen LogP contribution in [-0.2, 0) is 38.4 Å². The van der Waals surface area contributed by atoms with E-state index in [0.29, 0.717) is 18.5 Å². The summed E-state index contributed by atoms with van der Waals surface area (Å²) in [7, 11) is 0. The number of aromatic amines is 1. The predicted molar refractivity (Wildman–Crippen MR) is 168 cm³/mol. The van der Waals surface area contributed by atoms with Gasteiger partial charge in [-0.05, 0) is 54.3 Å². The monoisotopic (exact) mass is 611 g/mol. The van der Waals surface area contributed by atoms with Crippen molar-refractivity contribution in [1.29, 1.82) is 0 Å². The minimum Gasteiger partial charge on any atom is -0.508 e. The Morgan fingerprint density at radius 2 is 1.38 bits per heavy atom. The quantitative estimate of drug-likeness (QED) is 0.121. The summed E-state index contributed by atoms with van der Waals surface area (Å²) >= 11 is 0. The molecule has 0 spiro atoms. The van der Waals surface area contributed by atoms with E-state index in [1.807, 2.05) is 30.3 Å². The first-order valence-electron chi connectivity index (χ1n) is 15.0. The van der Waals surface area contributed by atoms with Crippen LogP contribution in [0.25, 0.3) is 10.9 Å². The molecular weight excluding hydrogens is 574 g/mol. The summed E-state index contributed by atoms with van der Waals surface area (Å²) in [5.41, 5.74) is 3.07. The van der Waals surface area contributed by atoms with E-state index in [1.165, 1.54) is 12.1 Å². The van der Waals surface area contributed by atoms with Gasteiger partial charge in [0.25, 0.3) is 0 Å². The second kappa shape index (κ2) is 14.5. The first-order valence-corrected chi connectivity index (χ1v) is 15.0. The van der Waals surface area contributed by atoms with Gasteiger partial charge in [-0.15, -0.1) is 0 Å². The summed E-state index contributed by atoms with van der Waals surface area (Å²) in [6, 6.07) is 18.9. The van der Waals surface area contributed by atoms with E-state index in [0.717, 1.165) is 28.5 Å². The first kappa shape index (κ1) is 31.3. The van der Waals surface area contributed by atoms with Crippen molar-refractivity contribution in [3.8, 4) is 5.75 Å². The van der Waals surface area contributed by atoms with Crippen molar-refractivity contribution < 1.29 is 29.4 Å². The highest BCUT2D eigenvalue weighted by atomic mass is 16.4. The van der Waals surface area contributed by atoms with E-state index in [9.17, 15) is 29.4 Å². The lowest BCUT2D eigenvalue weighted by molar-refractivity contribution is -0.142. The van der Waals surface area contributed by atoms with E-state index >= 15 is 0 Å². The molecule has 0 aliphatic carbocycles. The third-order valence-electron chi connectivity index (χ3n) is 8.02. The number of rotatable bonds is 13. The van der Waals surface area contributed by atoms with Gasteiger partial charge in [-0.2, -0.15) is 0 Å². The fraction of sp³-hybridized carbons (Fsp3) is 0.294. The van der Waals surface area contributed by atoms with E-state index in [2.05, 4.69) is 26.3 Å². The molecule has 7 N–H and O–H groups in total. The molecule has 1 aliphatic heterocycles. The molecule has 5 rings (SSSR count). The molecule has 3 amide bonds. The fourth-order valence-corrected chi connectivity index (χ4v) is 5.58. The summed E-state index contributed by atoms with van der Waals surface area (Å²) in [5, 5.41) is 32.0. The highest BCUT2D eigenvalue weighted by molar-refractivity contribution is 5.95. The molecule has 3 aromatic carbocycles. The molecule has 11 nitrogen and oxygen atoms in total. The van der Waals surface area contributed by atoms with Gasteiger partial charge in [-0.3, -0.25) is 14.4 Å². The zero-order valence-corrected chi connectivity index (χ0v) is 24.7. The van der Waals surface area contributed by atoms with Crippen LogP contribution in [0.3, 0.4) is 0 Å². The maximum atomic E-state index is 13.9. The number of benzene rings is 3. The topological polar surface area (TPSA) is 173 Å². The first-order chi connectivity index (χ1) is 21.8. The van der Waals surface area contributed by atoms with Crippen LogP contribution in [0.1, 0.15) is 29.5 Å². The standard InChI is InChI=1S/C34H37N5O6/c40-24-14-12-22(13-15-24)17-28(32(42)39-30(34(44)45)18-21-7-2-1-3-8-21)37-33(43)29(38-31(41)27-11-6-16-35-27)19-23-20-36-26-10-5-4-9-25(23)26/h1-5,7-10,12-15,20,27-30,35-36,40H,6,11,16-19H2,(H,37,43)(H,38,41)(H,39,42)(H,44,45). The minimum atomic E-state index is -1.24. The predicted octanol–water partition coefficient (Wildman–Crippen LogP) is 2.19. The van der Waals surface area contributed by atoms with Crippen molar-refractivity contribution in [2.75, 3.05) is 6.54 Å². The summed E-state index contributed by atoms with van der Waals surface area (Å²) < 4.78 is 0. The minimum absolute atomic E-state index is 0.0213. The molecule has 4 atom stereocenters. The molecule has 0 radical (unpaired) electrons. The summed E-state index contributed by atoms with van der Waals surface area (Å²) in [4.78, 5) is 56.1. The number of carbonyl (C=O) groups is 4. The Balaban J connectivity index is 1.39. The SMILES string of the molecule is O=C(O)C(Cc1ccccc1)NC(=O)C(Cc1ccc(O)cc1)NC(=O)C(Cc1c[nH]c2ccccc12)NC(=O)C1CCCN1. The number of H-pyrrole nitrogens is 1. The summed E-state index contributed by atoms with van der Waals surface area (Å²) in [6.07, 6.45) is 3.53. The Morgan fingerprint density at radius 1 is 0.756 bits per heavy atom. The third kappa shape index (κ3) is 8.27. The second-order valence-corrected chi connectivity index (χ2v) is 11.3. The number of aromatic nitrogens is 1. The van der Waals surface area contributed by atoms with Gasteiger partial charge in [0.1, 0.15) is 23.9 Å². The molecule has 45 heavy (non-hydrogen) atoms. The number of nitrogens with one attached hydrogen (secondary N) is 5. The molecular formula is C34H37N5O6. The van der Waals surface area contributed by atoms with E-state index in [4.69, 9.17) is 0 Å². The molecule has 2 heterocycles. The van der Waals surface area contributed by atoms with Crippen LogP contribution in [0.15, 0.2) is 85.1 Å². The molecule has 4 aromatic rings. The Kier molecular flexibility index (Phi) is 10.1. The zero-order chi connectivity index (χ0) is 31.8. The van der Waals surface area contributed by atoms with Crippen LogP contribution in [0.5, 0.6) is 5.75 Å². The van der Waals surface area contributed by atoms with Gasteiger partial charge in [-0.25, -0.2) is 4.79 Å². The number of phenolic OH excluding ortho intramolecular Hbond substituents is 1. The molecule has 1 aliphatic rings. The zero-order valence-electron chi connectivity index (χ0n) is 24.7. The lowest BCUT2D eigenvalue weighted by Gasteiger charge is -2.25. The van der Waals surface area contributed by atoms with E-state index < -0.39 is 42.0 Å². The molecule has 1 fully saturated rings. The molecule has 4 unspecified atom stereocenters. The van der Waals surface area contributed by atoms with Gasteiger partial charge in [0, 0.05) is 36.4 Å². The summed E-state index contributed by atoms with van der Waals surface area (Å²) in [5.74, 6) is -2.74. The molecule has 11 heteroatoms. The van der Waals surface area contributed by atoms with Gasteiger partial charge in [0.15, 0.2) is 0 Å². The van der Waals surface area contributed by atoms with Crippen molar-refractivity contribution in [1.82, 2.24) is 26.3 Å². The van der Waals surface area contributed by atoms with Gasteiger partial charge in [0.2, 0.25) is 17.7 Å². The number of carboxylic acids is 1. The van der Waals surface area contributed by atoms with Crippen molar-refractivity contribution in [3.05, 3.63) is 102 Å². The largest absolute Gasteiger partial charge is 0.508 e. The Hall–Kier alpha value is -5.16. The number of phenols is 1. The normalized spacial score (nSPS) is 16.4. The number of amides is 3. The maximum Gasteiger partial charge on any atom is 0.326 e. The van der Waals surface area contributed by atoms with Crippen LogP contribution in [0, 0.1) is 0 Å². The Bertz CT molecular complexity index is 1630. The average Bonchev–Trinajstić information content (AvgIpc) is 3.72. The third-order valence-corrected chi connectivity index (χ3v) is 8.02. The smallest absolute Gasteiger partial charge is 0.326 e. The average molecular weight is 612 g/mol. The van der Waals surface area contributed by atoms with E-state index in [1.54, 1.807) is 42.6 Å². The van der Waals surface area contributed by atoms with Gasteiger partial charge in [-0.1, -0.05) is 60.7 Å². The van der Waals surface area contributed by atoms with Crippen molar-refractivity contribution in [3.63, 3.8) is 0 Å². The fourth-order valence-electron chi connectivity index (χ4n) is 5.58.